The van der Waals surface area contributed by atoms with Crippen LogP contribution in [0.2, 0.25) is 0 Å². The molecule has 3 rings (SSSR count). The molecule has 0 unspecified atom stereocenters. The number of rotatable bonds is 4. The Morgan fingerprint density at radius 3 is 2.62 bits per heavy atom. The highest BCUT2D eigenvalue weighted by Crippen LogP contribution is 2.38. The molecule has 21 heavy (non-hydrogen) atoms. The summed E-state index contributed by atoms with van der Waals surface area (Å²) in [7, 11) is 1.66. The van der Waals surface area contributed by atoms with Crippen LogP contribution < -0.4 is 5.32 Å². The molecule has 0 amide bonds. The van der Waals surface area contributed by atoms with E-state index in [0.717, 1.165) is 30.7 Å². The molecule has 0 saturated heterocycles. The fraction of sp³-hybridized carbons (Fsp3) is 0.294. The summed E-state index contributed by atoms with van der Waals surface area (Å²) < 4.78 is 32.6. The Bertz CT molecular complexity index is 639. The largest absolute Gasteiger partial charge is 0.496 e. The molecule has 1 N–H and O–H groups in total. The summed E-state index contributed by atoms with van der Waals surface area (Å²) in [4.78, 5) is 0. The number of allylic oxidation sites excluding steroid dienone is 5. The maximum Gasteiger partial charge on any atom is 0.131 e. The van der Waals surface area contributed by atoms with Gasteiger partial charge in [0.2, 0.25) is 0 Å². The number of ether oxygens (including phenoxy) is 1. The third-order valence-corrected chi connectivity index (χ3v) is 4.00. The number of hydrogen-bond donors (Lipinski definition) is 1. The fourth-order valence-corrected chi connectivity index (χ4v) is 2.92. The predicted octanol–water partition coefficient (Wildman–Crippen LogP) is 3.96. The minimum absolute atomic E-state index is 0.0846. The Labute approximate surface area is 122 Å². The van der Waals surface area contributed by atoms with Gasteiger partial charge in [0.25, 0.3) is 0 Å². The van der Waals surface area contributed by atoms with E-state index in [2.05, 4.69) is 5.32 Å². The van der Waals surface area contributed by atoms with Gasteiger partial charge < -0.3 is 10.1 Å². The summed E-state index contributed by atoms with van der Waals surface area (Å²) in [6, 6.07) is 3.94. The summed E-state index contributed by atoms with van der Waals surface area (Å²) in [6.07, 6.45) is 6.64. The summed E-state index contributed by atoms with van der Waals surface area (Å²) in [5.41, 5.74) is 3.55. The van der Waals surface area contributed by atoms with Crippen LogP contribution in [0, 0.1) is 11.6 Å². The Balaban J connectivity index is 1.81. The zero-order valence-corrected chi connectivity index (χ0v) is 11.9. The first-order chi connectivity index (χ1) is 10.2. The topological polar surface area (TPSA) is 21.3 Å². The van der Waals surface area contributed by atoms with Crippen LogP contribution in [0.15, 0.2) is 53.0 Å². The van der Waals surface area contributed by atoms with Crippen molar-refractivity contribution in [1.29, 1.82) is 0 Å². The van der Waals surface area contributed by atoms with E-state index in [-0.39, 0.29) is 12.1 Å². The minimum atomic E-state index is -0.511. The Kier molecular flexibility index (Phi) is 3.78. The SMILES string of the molecule is COC1=C2CCC(NCc3c(F)cccc3F)=C2CC=C1. The maximum absolute atomic E-state index is 13.6. The average Bonchev–Trinajstić information content (AvgIpc) is 2.90. The van der Waals surface area contributed by atoms with Gasteiger partial charge in [-0.05, 0) is 48.6 Å². The second kappa shape index (κ2) is 5.72. The molecule has 0 heterocycles. The molecule has 0 spiro atoms. The van der Waals surface area contributed by atoms with Crippen molar-refractivity contribution in [2.45, 2.75) is 25.8 Å². The van der Waals surface area contributed by atoms with Crippen LogP contribution in [0.3, 0.4) is 0 Å². The third kappa shape index (κ3) is 2.58. The van der Waals surface area contributed by atoms with Gasteiger partial charge in [0.15, 0.2) is 0 Å². The summed E-state index contributed by atoms with van der Waals surface area (Å²) in [5.74, 6) is -0.129. The molecule has 2 aliphatic carbocycles. The lowest BCUT2D eigenvalue weighted by Crippen LogP contribution is -2.15. The fourth-order valence-electron chi connectivity index (χ4n) is 2.92. The zero-order chi connectivity index (χ0) is 14.8. The molecule has 0 bridgehead atoms. The van der Waals surface area contributed by atoms with Crippen LogP contribution >= 0.6 is 0 Å². The minimum Gasteiger partial charge on any atom is -0.496 e. The number of benzene rings is 1. The lowest BCUT2D eigenvalue weighted by Gasteiger charge is -2.15. The summed E-state index contributed by atoms with van der Waals surface area (Å²) in [5, 5.41) is 3.20. The van der Waals surface area contributed by atoms with Crippen molar-refractivity contribution in [1.82, 2.24) is 5.32 Å². The van der Waals surface area contributed by atoms with E-state index >= 15 is 0 Å². The molecule has 4 heteroatoms. The van der Waals surface area contributed by atoms with Gasteiger partial charge in [-0.15, -0.1) is 0 Å². The highest BCUT2D eigenvalue weighted by molar-refractivity contribution is 5.49. The summed E-state index contributed by atoms with van der Waals surface area (Å²) in [6.45, 7) is 0.163. The maximum atomic E-state index is 13.6. The molecule has 2 aliphatic rings. The molecule has 1 aromatic carbocycles. The first kappa shape index (κ1) is 13.9. The van der Waals surface area contributed by atoms with Crippen LogP contribution in [-0.2, 0) is 11.3 Å². The Morgan fingerprint density at radius 1 is 1.14 bits per heavy atom. The smallest absolute Gasteiger partial charge is 0.131 e. The molecule has 0 fully saturated rings. The molecule has 2 nitrogen and oxygen atoms in total. The van der Waals surface area contributed by atoms with Gasteiger partial charge in [0.05, 0.1) is 7.11 Å². The van der Waals surface area contributed by atoms with Gasteiger partial charge in [-0.1, -0.05) is 12.1 Å². The van der Waals surface area contributed by atoms with Crippen molar-refractivity contribution < 1.29 is 13.5 Å². The lowest BCUT2D eigenvalue weighted by molar-refractivity contribution is 0.301. The van der Waals surface area contributed by atoms with Crippen molar-refractivity contribution in [3.63, 3.8) is 0 Å². The van der Waals surface area contributed by atoms with Crippen LogP contribution in [0.1, 0.15) is 24.8 Å². The van der Waals surface area contributed by atoms with Crippen LogP contribution in [0.25, 0.3) is 0 Å². The van der Waals surface area contributed by atoms with E-state index in [1.54, 1.807) is 7.11 Å². The number of fused-ring (bicyclic) bond motifs is 1. The van der Waals surface area contributed by atoms with E-state index in [4.69, 9.17) is 4.74 Å². The number of methoxy groups -OCH3 is 1. The van der Waals surface area contributed by atoms with E-state index < -0.39 is 11.6 Å². The molecule has 0 atom stereocenters. The second-order valence-corrected chi connectivity index (χ2v) is 5.16. The van der Waals surface area contributed by atoms with Gasteiger partial charge in [0, 0.05) is 17.8 Å². The lowest BCUT2D eigenvalue weighted by atomic mass is 9.99. The summed E-state index contributed by atoms with van der Waals surface area (Å²) >= 11 is 0. The van der Waals surface area contributed by atoms with E-state index in [0.29, 0.717) is 0 Å². The Hall–Kier alpha value is -2.10. The monoisotopic (exact) mass is 289 g/mol. The highest BCUT2D eigenvalue weighted by Gasteiger charge is 2.24. The molecule has 0 saturated carbocycles. The van der Waals surface area contributed by atoms with Crippen molar-refractivity contribution in [2.24, 2.45) is 0 Å². The van der Waals surface area contributed by atoms with Gasteiger partial charge in [-0.25, -0.2) is 8.78 Å². The van der Waals surface area contributed by atoms with Gasteiger partial charge in [-0.3, -0.25) is 0 Å². The first-order valence-electron chi connectivity index (χ1n) is 7.03. The van der Waals surface area contributed by atoms with Gasteiger partial charge in [0.1, 0.15) is 17.4 Å². The molecule has 0 radical (unpaired) electrons. The standard InChI is InChI=1S/C17H17F2NO/c1-21-17-7-2-4-11-12(17)8-9-16(11)20-10-13-14(18)5-3-6-15(13)19/h2-3,5-7,20H,4,8-10H2,1H3. The number of hydrogen-bond acceptors (Lipinski definition) is 2. The van der Waals surface area contributed by atoms with Crippen LogP contribution in [0.4, 0.5) is 8.78 Å². The highest BCUT2D eigenvalue weighted by atomic mass is 19.1. The quantitative estimate of drug-likeness (QED) is 0.905. The van der Waals surface area contributed by atoms with Gasteiger partial charge >= 0.3 is 0 Å². The zero-order valence-electron chi connectivity index (χ0n) is 11.9. The number of nitrogens with one attached hydrogen (secondary N) is 1. The van der Waals surface area contributed by atoms with Crippen LogP contribution in [-0.4, -0.2) is 7.11 Å². The van der Waals surface area contributed by atoms with Crippen molar-refractivity contribution in [2.75, 3.05) is 7.11 Å². The van der Waals surface area contributed by atoms with Crippen LogP contribution in [0.5, 0.6) is 0 Å². The van der Waals surface area contributed by atoms with Crippen molar-refractivity contribution in [3.05, 3.63) is 70.2 Å². The Morgan fingerprint density at radius 2 is 1.90 bits per heavy atom. The second-order valence-electron chi connectivity index (χ2n) is 5.16. The molecule has 1 aromatic rings. The normalized spacial score (nSPS) is 17.3. The molecule has 110 valence electrons. The van der Waals surface area contributed by atoms with Crippen molar-refractivity contribution >= 4 is 0 Å². The first-order valence-corrected chi connectivity index (χ1v) is 7.03. The van der Waals surface area contributed by atoms with E-state index in [1.165, 1.54) is 29.3 Å². The molecular formula is C17H17F2NO. The molecular weight excluding hydrogens is 272 g/mol. The third-order valence-electron chi connectivity index (χ3n) is 4.00. The van der Waals surface area contributed by atoms with Gasteiger partial charge in [-0.2, -0.15) is 0 Å². The molecule has 0 aliphatic heterocycles. The van der Waals surface area contributed by atoms with E-state index in [1.807, 2.05) is 12.2 Å². The average molecular weight is 289 g/mol. The molecule has 0 aromatic heterocycles. The van der Waals surface area contributed by atoms with E-state index in [9.17, 15) is 8.78 Å². The predicted molar refractivity (Wildman–Crippen MR) is 77.2 cm³/mol. The number of halogens is 2. The van der Waals surface area contributed by atoms with Crippen molar-refractivity contribution in [3.8, 4) is 0 Å².